The maximum atomic E-state index is 11.5. The van der Waals surface area contributed by atoms with E-state index in [0.717, 1.165) is 4.90 Å². The summed E-state index contributed by atoms with van der Waals surface area (Å²) < 4.78 is 0. The number of hydrogen-bond donors (Lipinski definition) is 0. The summed E-state index contributed by atoms with van der Waals surface area (Å²) >= 11 is 0. The SMILES string of the molecule is C/C(=C\C(=O)N(C)C#N)c1cccc([N+](=O)[O-])c1. The van der Waals surface area contributed by atoms with Crippen LogP contribution in [0, 0.1) is 21.6 Å². The number of benzene rings is 1. The van der Waals surface area contributed by atoms with Gasteiger partial charge in [-0.05, 0) is 18.1 Å². The van der Waals surface area contributed by atoms with Crippen molar-refractivity contribution >= 4 is 17.2 Å². The number of likely N-dealkylation sites (N-methyl/N-ethyl adjacent to an activating group) is 1. The number of nitriles is 1. The second-order valence-corrected chi connectivity index (χ2v) is 3.63. The van der Waals surface area contributed by atoms with Gasteiger partial charge in [0.25, 0.3) is 11.6 Å². The molecule has 0 radical (unpaired) electrons. The molecule has 1 amide bonds. The fourth-order valence-electron chi connectivity index (χ4n) is 1.28. The summed E-state index contributed by atoms with van der Waals surface area (Å²) in [5, 5.41) is 19.2. The molecule has 1 aromatic carbocycles. The fraction of sp³-hybridized carbons (Fsp3) is 0.167. The molecule has 0 aliphatic carbocycles. The molecule has 1 rings (SSSR count). The molecular formula is C12H11N3O3. The summed E-state index contributed by atoms with van der Waals surface area (Å²) in [5.41, 5.74) is 1.09. The molecule has 0 aliphatic heterocycles. The zero-order chi connectivity index (χ0) is 13.7. The lowest BCUT2D eigenvalue weighted by molar-refractivity contribution is -0.384. The van der Waals surface area contributed by atoms with Crippen molar-refractivity contribution in [3.05, 3.63) is 46.0 Å². The van der Waals surface area contributed by atoms with Crippen molar-refractivity contribution in [2.45, 2.75) is 6.92 Å². The van der Waals surface area contributed by atoms with Gasteiger partial charge in [-0.3, -0.25) is 14.9 Å². The summed E-state index contributed by atoms with van der Waals surface area (Å²) in [6, 6.07) is 5.97. The van der Waals surface area contributed by atoms with Crippen molar-refractivity contribution in [2.24, 2.45) is 0 Å². The zero-order valence-corrected chi connectivity index (χ0v) is 9.95. The molecule has 0 atom stereocenters. The van der Waals surface area contributed by atoms with Crippen LogP contribution in [0.5, 0.6) is 0 Å². The maximum absolute atomic E-state index is 11.5. The normalized spacial score (nSPS) is 10.6. The second-order valence-electron chi connectivity index (χ2n) is 3.63. The first-order valence-electron chi connectivity index (χ1n) is 5.06. The molecule has 0 bridgehead atoms. The lowest BCUT2D eigenvalue weighted by Gasteiger charge is -2.05. The molecular weight excluding hydrogens is 234 g/mol. The Balaban J connectivity index is 3.04. The maximum Gasteiger partial charge on any atom is 0.270 e. The largest absolute Gasteiger partial charge is 0.270 e. The van der Waals surface area contributed by atoms with Crippen LogP contribution in [0.4, 0.5) is 5.69 Å². The third kappa shape index (κ3) is 3.15. The van der Waals surface area contributed by atoms with E-state index in [1.165, 1.54) is 25.3 Å². The van der Waals surface area contributed by atoms with Crippen molar-refractivity contribution in [1.29, 1.82) is 5.26 Å². The Morgan fingerprint density at radius 1 is 1.56 bits per heavy atom. The third-order valence-electron chi connectivity index (χ3n) is 2.33. The minimum absolute atomic E-state index is 0.0404. The first kappa shape index (κ1) is 13.4. The van der Waals surface area contributed by atoms with E-state index < -0.39 is 10.8 Å². The highest BCUT2D eigenvalue weighted by atomic mass is 16.6. The summed E-state index contributed by atoms with van der Waals surface area (Å²) in [6.45, 7) is 1.65. The Hall–Kier alpha value is -2.68. The van der Waals surface area contributed by atoms with E-state index in [0.29, 0.717) is 11.1 Å². The smallest absolute Gasteiger partial charge is 0.269 e. The number of hydrogen-bond acceptors (Lipinski definition) is 4. The van der Waals surface area contributed by atoms with Crippen LogP contribution < -0.4 is 0 Å². The lowest BCUT2D eigenvalue weighted by atomic mass is 10.1. The molecule has 0 fully saturated rings. The predicted molar refractivity (Wildman–Crippen MR) is 65.1 cm³/mol. The van der Waals surface area contributed by atoms with Gasteiger partial charge in [0, 0.05) is 25.3 Å². The van der Waals surface area contributed by atoms with Crippen LogP contribution >= 0.6 is 0 Å². The summed E-state index contributed by atoms with van der Waals surface area (Å²) in [5.74, 6) is -0.471. The van der Waals surface area contributed by atoms with E-state index in [9.17, 15) is 14.9 Å². The zero-order valence-electron chi connectivity index (χ0n) is 9.95. The van der Waals surface area contributed by atoms with Gasteiger partial charge in [0.15, 0.2) is 6.19 Å². The van der Waals surface area contributed by atoms with Crippen LogP contribution in [0.25, 0.3) is 5.57 Å². The number of nitro groups is 1. The molecule has 6 nitrogen and oxygen atoms in total. The monoisotopic (exact) mass is 245 g/mol. The van der Waals surface area contributed by atoms with Gasteiger partial charge in [-0.25, -0.2) is 4.90 Å². The fourth-order valence-corrected chi connectivity index (χ4v) is 1.28. The van der Waals surface area contributed by atoms with Gasteiger partial charge in [-0.2, -0.15) is 5.26 Å². The Morgan fingerprint density at radius 3 is 2.78 bits per heavy atom. The van der Waals surface area contributed by atoms with E-state index in [2.05, 4.69) is 0 Å². The molecule has 0 spiro atoms. The molecule has 6 heteroatoms. The van der Waals surface area contributed by atoms with Gasteiger partial charge in [0.1, 0.15) is 0 Å². The van der Waals surface area contributed by atoms with E-state index in [-0.39, 0.29) is 5.69 Å². The number of non-ortho nitro benzene ring substituents is 1. The molecule has 0 saturated heterocycles. The number of rotatable bonds is 3. The average molecular weight is 245 g/mol. The van der Waals surface area contributed by atoms with Crippen molar-refractivity contribution in [1.82, 2.24) is 4.90 Å². The Labute approximate surface area is 104 Å². The average Bonchev–Trinajstić information content (AvgIpc) is 2.37. The van der Waals surface area contributed by atoms with Crippen molar-refractivity contribution in [3.8, 4) is 6.19 Å². The van der Waals surface area contributed by atoms with Crippen LogP contribution in [-0.4, -0.2) is 22.8 Å². The molecule has 0 aromatic heterocycles. The highest BCUT2D eigenvalue weighted by Crippen LogP contribution is 2.19. The third-order valence-corrected chi connectivity index (χ3v) is 2.33. The van der Waals surface area contributed by atoms with Gasteiger partial charge < -0.3 is 0 Å². The van der Waals surface area contributed by atoms with Crippen LogP contribution in [0.1, 0.15) is 12.5 Å². The van der Waals surface area contributed by atoms with Gasteiger partial charge in [0.05, 0.1) is 4.92 Å². The van der Waals surface area contributed by atoms with Gasteiger partial charge in [-0.1, -0.05) is 12.1 Å². The van der Waals surface area contributed by atoms with E-state index in [4.69, 9.17) is 5.26 Å². The number of carbonyl (C=O) groups excluding carboxylic acids is 1. The highest BCUT2D eigenvalue weighted by Gasteiger charge is 2.09. The second kappa shape index (κ2) is 5.59. The van der Waals surface area contributed by atoms with E-state index in [1.807, 2.05) is 0 Å². The van der Waals surface area contributed by atoms with Gasteiger partial charge in [0.2, 0.25) is 0 Å². The van der Waals surface area contributed by atoms with Crippen molar-refractivity contribution in [3.63, 3.8) is 0 Å². The van der Waals surface area contributed by atoms with Gasteiger partial charge >= 0.3 is 0 Å². The molecule has 1 aromatic rings. The quantitative estimate of drug-likeness (QED) is 0.267. The predicted octanol–water partition coefficient (Wildman–Crippen LogP) is 1.94. The Morgan fingerprint density at radius 2 is 2.22 bits per heavy atom. The van der Waals surface area contributed by atoms with Crippen molar-refractivity contribution < 1.29 is 9.72 Å². The van der Waals surface area contributed by atoms with Crippen LogP contribution in [0.3, 0.4) is 0 Å². The summed E-state index contributed by atoms with van der Waals surface area (Å²) in [6.07, 6.45) is 2.95. The van der Waals surface area contributed by atoms with Crippen LogP contribution in [0.15, 0.2) is 30.3 Å². The number of nitro benzene ring substituents is 1. The molecule has 0 aliphatic rings. The molecule has 92 valence electrons. The van der Waals surface area contributed by atoms with Crippen LogP contribution in [0.2, 0.25) is 0 Å². The highest BCUT2D eigenvalue weighted by molar-refractivity contribution is 5.95. The summed E-state index contributed by atoms with van der Waals surface area (Å²) in [4.78, 5) is 22.5. The molecule has 0 N–H and O–H groups in total. The minimum Gasteiger partial charge on any atom is -0.269 e. The number of nitrogens with zero attached hydrogens (tertiary/aromatic N) is 3. The molecule has 0 unspecified atom stereocenters. The summed E-state index contributed by atoms with van der Waals surface area (Å²) in [7, 11) is 1.35. The standard InChI is InChI=1S/C12H11N3O3/c1-9(6-12(16)14(2)8-13)10-4-3-5-11(7-10)15(17)18/h3-7H,1-2H3/b9-6+. The van der Waals surface area contributed by atoms with Crippen molar-refractivity contribution in [2.75, 3.05) is 7.05 Å². The first-order valence-corrected chi connectivity index (χ1v) is 5.06. The topological polar surface area (TPSA) is 87.2 Å². The lowest BCUT2D eigenvalue weighted by Crippen LogP contribution is -2.18. The molecule has 18 heavy (non-hydrogen) atoms. The Kier molecular flexibility index (Phi) is 4.16. The van der Waals surface area contributed by atoms with Crippen LogP contribution in [-0.2, 0) is 4.79 Å². The van der Waals surface area contributed by atoms with E-state index in [1.54, 1.807) is 25.2 Å². The number of allylic oxidation sites excluding steroid dienone is 1. The molecule has 0 heterocycles. The number of amides is 1. The Bertz CT molecular complexity index is 558. The first-order chi connectivity index (χ1) is 8.45. The van der Waals surface area contributed by atoms with E-state index >= 15 is 0 Å². The van der Waals surface area contributed by atoms with Gasteiger partial charge in [-0.15, -0.1) is 0 Å². The molecule has 0 saturated carbocycles. The minimum atomic E-state index is -0.500. The number of carbonyl (C=O) groups is 1.